The predicted octanol–water partition coefficient (Wildman–Crippen LogP) is 3.71. The van der Waals surface area contributed by atoms with Crippen LogP contribution in [0.5, 0.6) is 0 Å². The number of rotatable bonds is 5. The quantitative estimate of drug-likeness (QED) is 0.911. The molecule has 2 aromatic rings. The van der Waals surface area contributed by atoms with Crippen LogP contribution in [0, 0.1) is 16.7 Å². The Balaban J connectivity index is 2.01. The molecule has 0 bridgehead atoms. The SMILES string of the molecule is CNCc1cn(CC2(CC#N)CC2)c2cc(Cl)ccc12. The van der Waals surface area contributed by atoms with E-state index < -0.39 is 0 Å². The summed E-state index contributed by atoms with van der Waals surface area (Å²) >= 11 is 6.14. The lowest BCUT2D eigenvalue weighted by atomic mass is 10.0. The van der Waals surface area contributed by atoms with Crippen molar-refractivity contribution >= 4 is 22.5 Å². The Hall–Kier alpha value is -1.50. The number of fused-ring (bicyclic) bond motifs is 1. The Morgan fingerprint density at radius 1 is 1.45 bits per heavy atom. The molecule has 0 spiro atoms. The summed E-state index contributed by atoms with van der Waals surface area (Å²) in [5.41, 5.74) is 2.65. The van der Waals surface area contributed by atoms with E-state index >= 15 is 0 Å². The van der Waals surface area contributed by atoms with Gasteiger partial charge in [0, 0.05) is 47.0 Å². The van der Waals surface area contributed by atoms with Crippen LogP contribution < -0.4 is 5.32 Å². The van der Waals surface area contributed by atoms with E-state index in [2.05, 4.69) is 28.2 Å². The smallest absolute Gasteiger partial charge is 0.0628 e. The molecule has 1 aromatic carbocycles. The Labute approximate surface area is 124 Å². The van der Waals surface area contributed by atoms with E-state index in [1.165, 1.54) is 16.5 Å². The molecule has 0 aliphatic heterocycles. The first-order valence-electron chi connectivity index (χ1n) is 6.96. The molecule has 1 N–H and O–H groups in total. The summed E-state index contributed by atoms with van der Waals surface area (Å²) in [6.45, 7) is 1.76. The van der Waals surface area contributed by atoms with Gasteiger partial charge in [0.05, 0.1) is 6.07 Å². The van der Waals surface area contributed by atoms with Crippen molar-refractivity contribution in [2.75, 3.05) is 7.05 Å². The Bertz CT molecular complexity index is 677. The molecule has 0 radical (unpaired) electrons. The van der Waals surface area contributed by atoms with Crippen LogP contribution in [0.15, 0.2) is 24.4 Å². The van der Waals surface area contributed by atoms with Gasteiger partial charge in [-0.05, 0) is 37.6 Å². The summed E-state index contributed by atoms with van der Waals surface area (Å²) in [5.74, 6) is 0. The second-order valence-corrected chi connectivity index (χ2v) is 6.25. The van der Waals surface area contributed by atoms with Gasteiger partial charge < -0.3 is 9.88 Å². The maximum Gasteiger partial charge on any atom is 0.0628 e. The highest BCUT2D eigenvalue weighted by atomic mass is 35.5. The van der Waals surface area contributed by atoms with Crippen LogP contribution in [0.1, 0.15) is 24.8 Å². The average Bonchev–Trinajstić information content (AvgIpc) is 3.09. The molecule has 1 heterocycles. The van der Waals surface area contributed by atoms with Crippen LogP contribution in [0.2, 0.25) is 5.02 Å². The lowest BCUT2D eigenvalue weighted by Crippen LogP contribution is -2.10. The Morgan fingerprint density at radius 3 is 2.90 bits per heavy atom. The van der Waals surface area contributed by atoms with Gasteiger partial charge in [-0.2, -0.15) is 5.26 Å². The number of hydrogen-bond donors (Lipinski definition) is 1. The summed E-state index contributed by atoms with van der Waals surface area (Å²) in [5, 5.41) is 14.2. The minimum Gasteiger partial charge on any atom is -0.347 e. The van der Waals surface area contributed by atoms with E-state index in [0.29, 0.717) is 6.42 Å². The van der Waals surface area contributed by atoms with E-state index in [0.717, 1.165) is 31.0 Å². The molecule has 1 aliphatic carbocycles. The predicted molar refractivity (Wildman–Crippen MR) is 81.6 cm³/mol. The van der Waals surface area contributed by atoms with Gasteiger partial charge in [0.2, 0.25) is 0 Å². The molecule has 1 fully saturated rings. The fourth-order valence-corrected chi connectivity index (χ4v) is 3.07. The normalized spacial score (nSPS) is 16.2. The minimum atomic E-state index is 0.194. The third-order valence-electron chi connectivity index (χ3n) is 4.21. The molecule has 0 saturated heterocycles. The molecular weight excluding hydrogens is 270 g/mol. The van der Waals surface area contributed by atoms with Crippen molar-refractivity contribution in [2.45, 2.75) is 32.4 Å². The highest BCUT2D eigenvalue weighted by Crippen LogP contribution is 2.50. The van der Waals surface area contributed by atoms with E-state index in [-0.39, 0.29) is 5.41 Å². The third-order valence-corrected chi connectivity index (χ3v) is 4.45. The van der Waals surface area contributed by atoms with Gasteiger partial charge in [-0.15, -0.1) is 0 Å². The zero-order valence-corrected chi connectivity index (χ0v) is 12.4. The fraction of sp³-hybridized carbons (Fsp3) is 0.438. The summed E-state index contributed by atoms with van der Waals surface area (Å²) in [4.78, 5) is 0. The molecular formula is C16H18ClN3. The summed E-state index contributed by atoms with van der Waals surface area (Å²) in [6, 6.07) is 8.38. The standard InChI is InChI=1S/C16H18ClN3/c1-19-9-12-10-20(11-16(4-5-16)6-7-18)15-8-13(17)2-3-14(12)15/h2-3,8,10,19H,4-6,9,11H2,1H3. The van der Waals surface area contributed by atoms with Crippen molar-refractivity contribution in [2.24, 2.45) is 5.41 Å². The number of halogens is 1. The highest BCUT2D eigenvalue weighted by Gasteiger charge is 2.42. The lowest BCUT2D eigenvalue weighted by molar-refractivity contribution is 0.439. The number of nitrogens with zero attached hydrogens (tertiary/aromatic N) is 2. The largest absolute Gasteiger partial charge is 0.347 e. The minimum absolute atomic E-state index is 0.194. The molecule has 0 atom stereocenters. The molecule has 3 rings (SSSR count). The maximum atomic E-state index is 8.98. The fourth-order valence-electron chi connectivity index (χ4n) is 2.90. The first-order valence-corrected chi connectivity index (χ1v) is 7.34. The van der Waals surface area contributed by atoms with Crippen LogP contribution in [-0.4, -0.2) is 11.6 Å². The van der Waals surface area contributed by atoms with Gasteiger partial charge in [0.15, 0.2) is 0 Å². The zero-order valence-electron chi connectivity index (χ0n) is 11.6. The molecule has 1 saturated carbocycles. The number of nitriles is 1. The first kappa shape index (κ1) is 13.5. The van der Waals surface area contributed by atoms with Gasteiger partial charge in [-0.3, -0.25) is 0 Å². The van der Waals surface area contributed by atoms with Gasteiger partial charge in [-0.1, -0.05) is 17.7 Å². The second kappa shape index (κ2) is 5.12. The molecule has 0 amide bonds. The molecule has 0 unspecified atom stereocenters. The average molecular weight is 288 g/mol. The molecule has 1 aliphatic rings. The summed E-state index contributed by atoms with van der Waals surface area (Å²) < 4.78 is 2.28. The Kier molecular flexibility index (Phi) is 3.45. The van der Waals surface area contributed by atoms with Crippen molar-refractivity contribution in [1.29, 1.82) is 5.26 Å². The van der Waals surface area contributed by atoms with Gasteiger partial charge in [0.1, 0.15) is 0 Å². The van der Waals surface area contributed by atoms with E-state index in [9.17, 15) is 0 Å². The third kappa shape index (κ3) is 2.42. The molecule has 20 heavy (non-hydrogen) atoms. The van der Waals surface area contributed by atoms with Crippen molar-refractivity contribution in [1.82, 2.24) is 9.88 Å². The molecule has 4 heteroatoms. The summed E-state index contributed by atoms with van der Waals surface area (Å²) in [7, 11) is 1.96. The molecule has 1 aromatic heterocycles. The van der Waals surface area contributed by atoms with Crippen LogP contribution in [0.25, 0.3) is 10.9 Å². The topological polar surface area (TPSA) is 40.8 Å². The van der Waals surface area contributed by atoms with Crippen LogP contribution in [0.3, 0.4) is 0 Å². The number of nitrogens with one attached hydrogen (secondary N) is 1. The van der Waals surface area contributed by atoms with Gasteiger partial charge in [-0.25, -0.2) is 0 Å². The van der Waals surface area contributed by atoms with E-state index in [1.54, 1.807) is 0 Å². The molecule has 3 nitrogen and oxygen atoms in total. The van der Waals surface area contributed by atoms with Crippen LogP contribution >= 0.6 is 11.6 Å². The number of aromatic nitrogens is 1. The highest BCUT2D eigenvalue weighted by molar-refractivity contribution is 6.31. The van der Waals surface area contributed by atoms with Crippen molar-refractivity contribution in [3.63, 3.8) is 0 Å². The van der Waals surface area contributed by atoms with E-state index in [4.69, 9.17) is 16.9 Å². The van der Waals surface area contributed by atoms with Crippen molar-refractivity contribution in [3.05, 3.63) is 35.0 Å². The monoisotopic (exact) mass is 287 g/mol. The Morgan fingerprint density at radius 2 is 2.25 bits per heavy atom. The van der Waals surface area contributed by atoms with Crippen molar-refractivity contribution < 1.29 is 0 Å². The lowest BCUT2D eigenvalue weighted by Gasteiger charge is -2.13. The van der Waals surface area contributed by atoms with Crippen molar-refractivity contribution in [3.8, 4) is 6.07 Å². The van der Waals surface area contributed by atoms with Gasteiger partial charge >= 0.3 is 0 Å². The van der Waals surface area contributed by atoms with Crippen LogP contribution in [0.4, 0.5) is 0 Å². The first-order chi connectivity index (χ1) is 9.67. The summed E-state index contributed by atoms with van der Waals surface area (Å²) in [6.07, 6.45) is 5.16. The molecule has 104 valence electrons. The zero-order chi connectivity index (χ0) is 14.2. The van der Waals surface area contributed by atoms with E-state index in [1.807, 2.05) is 19.2 Å². The number of hydrogen-bond acceptors (Lipinski definition) is 2. The van der Waals surface area contributed by atoms with Gasteiger partial charge in [0.25, 0.3) is 0 Å². The van der Waals surface area contributed by atoms with Crippen LogP contribution in [-0.2, 0) is 13.1 Å². The second-order valence-electron chi connectivity index (χ2n) is 5.81. The maximum absolute atomic E-state index is 8.98. The number of benzene rings is 1.